The number of nitrogens with one attached hydrogen (secondary N) is 1. The van der Waals surface area contributed by atoms with Gasteiger partial charge in [-0.3, -0.25) is 9.67 Å². The summed E-state index contributed by atoms with van der Waals surface area (Å²) < 4.78 is 2.50. The number of H-pyrrole nitrogens is 1. The van der Waals surface area contributed by atoms with Gasteiger partial charge in [0.25, 0.3) is 0 Å². The van der Waals surface area contributed by atoms with Gasteiger partial charge in [0.05, 0.1) is 11.3 Å². The fraction of sp³-hybridized carbons (Fsp3) is 0.300. The number of hydrogen-bond acceptors (Lipinski definition) is 3. The van der Waals surface area contributed by atoms with Crippen LogP contribution in [0.2, 0.25) is 0 Å². The molecule has 1 aliphatic rings. The molecule has 0 fully saturated rings. The maximum absolute atomic E-state index is 10.4. The first-order valence-corrected chi connectivity index (χ1v) is 9.09. The zero-order valence-corrected chi connectivity index (χ0v) is 15.2. The Kier molecular flexibility index (Phi) is 3.96. The van der Waals surface area contributed by atoms with E-state index in [-0.39, 0.29) is 5.75 Å². The summed E-state index contributed by atoms with van der Waals surface area (Å²) in [6, 6.07) is 12.0. The van der Waals surface area contributed by atoms with Gasteiger partial charge in [0, 0.05) is 0 Å². The van der Waals surface area contributed by atoms with Crippen molar-refractivity contribution in [2.24, 2.45) is 0 Å². The zero-order chi connectivity index (χ0) is 17.6. The second-order valence-corrected chi connectivity index (χ2v) is 7.27. The van der Waals surface area contributed by atoms with Gasteiger partial charge in [0.2, 0.25) is 0 Å². The van der Waals surface area contributed by atoms with Gasteiger partial charge in [-0.2, -0.15) is 5.10 Å². The van der Waals surface area contributed by atoms with Gasteiger partial charge >= 0.3 is 0 Å². The number of aromatic nitrogens is 3. The van der Waals surface area contributed by atoms with Crippen LogP contribution in [0.25, 0.3) is 17.1 Å². The quantitative estimate of drug-likeness (QED) is 0.659. The number of nitrogens with zero attached hydrogens (tertiary/aromatic N) is 2. The maximum atomic E-state index is 10.4. The molecule has 25 heavy (non-hydrogen) atoms. The molecule has 2 aromatic carbocycles. The second-order valence-electron chi connectivity index (χ2n) is 6.89. The average molecular weight is 351 g/mol. The van der Waals surface area contributed by atoms with E-state index < -0.39 is 0 Å². The molecule has 4 rings (SSSR count). The van der Waals surface area contributed by atoms with Crippen molar-refractivity contribution < 1.29 is 5.11 Å². The van der Waals surface area contributed by atoms with E-state index in [4.69, 9.17) is 12.2 Å². The molecule has 0 bridgehead atoms. The fourth-order valence-electron chi connectivity index (χ4n) is 3.60. The van der Waals surface area contributed by atoms with Gasteiger partial charge in [-0.15, -0.1) is 0 Å². The number of rotatable bonds is 3. The lowest BCUT2D eigenvalue weighted by Gasteiger charge is -2.14. The van der Waals surface area contributed by atoms with Crippen molar-refractivity contribution in [3.8, 4) is 22.8 Å². The number of phenolic OH excluding ortho intramolecular Hbond substituents is 1. The molecule has 3 aromatic rings. The molecule has 0 atom stereocenters. The standard InChI is InChI=1S/C20H21N3OS/c1-12(2)14-9-10-18(24)16(11-14)19-21-22-20(25)23(19)17-8-4-6-13-5-3-7-15(13)17/h4,6,8-12,24H,3,5,7H2,1-2H3,(H,22,25). The third kappa shape index (κ3) is 2.68. The topological polar surface area (TPSA) is 53.8 Å². The molecule has 1 aliphatic carbocycles. The highest BCUT2D eigenvalue weighted by molar-refractivity contribution is 7.71. The van der Waals surface area contributed by atoms with Gasteiger partial charge in [0.15, 0.2) is 10.6 Å². The van der Waals surface area contributed by atoms with Crippen molar-refractivity contribution in [1.29, 1.82) is 0 Å². The Balaban J connectivity index is 1.95. The highest BCUT2D eigenvalue weighted by atomic mass is 32.1. The molecule has 0 unspecified atom stereocenters. The summed E-state index contributed by atoms with van der Waals surface area (Å²) >= 11 is 5.52. The number of aromatic hydroxyl groups is 1. The van der Waals surface area contributed by atoms with Crippen LogP contribution in [0, 0.1) is 4.77 Å². The minimum absolute atomic E-state index is 0.215. The van der Waals surface area contributed by atoms with Crippen LogP contribution >= 0.6 is 12.2 Å². The molecule has 0 spiro atoms. The molecule has 0 saturated heterocycles. The number of aromatic amines is 1. The number of hydrogen-bond donors (Lipinski definition) is 2. The molecule has 0 aliphatic heterocycles. The SMILES string of the molecule is CC(C)c1ccc(O)c(-c2n[nH]c(=S)n2-c2cccc3c2CCC3)c1. The summed E-state index contributed by atoms with van der Waals surface area (Å²) in [5.74, 6) is 1.24. The third-order valence-corrected chi connectivity index (χ3v) is 5.24. The number of benzene rings is 2. The first-order valence-electron chi connectivity index (χ1n) is 8.68. The lowest BCUT2D eigenvalue weighted by Crippen LogP contribution is -2.02. The smallest absolute Gasteiger partial charge is 0.200 e. The molecule has 0 radical (unpaired) electrons. The molecule has 1 aromatic heterocycles. The minimum atomic E-state index is 0.215. The average Bonchev–Trinajstić information content (AvgIpc) is 3.21. The predicted octanol–water partition coefficient (Wildman–Crippen LogP) is 4.91. The van der Waals surface area contributed by atoms with E-state index in [1.54, 1.807) is 6.07 Å². The molecule has 5 heteroatoms. The van der Waals surface area contributed by atoms with E-state index in [1.807, 2.05) is 16.7 Å². The predicted molar refractivity (Wildman–Crippen MR) is 102 cm³/mol. The Labute approximate surface area is 152 Å². The minimum Gasteiger partial charge on any atom is -0.507 e. The van der Waals surface area contributed by atoms with Crippen LogP contribution in [-0.4, -0.2) is 19.9 Å². The molecule has 128 valence electrons. The molecule has 0 saturated carbocycles. The number of fused-ring (bicyclic) bond motifs is 1. The summed E-state index contributed by atoms with van der Waals surface area (Å²) in [5.41, 5.74) is 5.64. The molecule has 4 nitrogen and oxygen atoms in total. The molecular weight excluding hydrogens is 330 g/mol. The second kappa shape index (κ2) is 6.15. The van der Waals surface area contributed by atoms with Crippen LogP contribution < -0.4 is 0 Å². The Bertz CT molecular complexity index is 1000. The lowest BCUT2D eigenvalue weighted by atomic mass is 10.00. The molecule has 0 amide bonds. The van der Waals surface area contributed by atoms with Crippen molar-refractivity contribution in [3.63, 3.8) is 0 Å². The van der Waals surface area contributed by atoms with Crippen LogP contribution in [0.4, 0.5) is 0 Å². The first-order chi connectivity index (χ1) is 12.1. The lowest BCUT2D eigenvalue weighted by molar-refractivity contribution is 0.476. The summed E-state index contributed by atoms with van der Waals surface area (Å²) in [6.45, 7) is 4.27. The van der Waals surface area contributed by atoms with Gasteiger partial charge in [0.1, 0.15) is 5.75 Å². The highest BCUT2D eigenvalue weighted by Gasteiger charge is 2.21. The number of phenols is 1. The van der Waals surface area contributed by atoms with E-state index >= 15 is 0 Å². The van der Waals surface area contributed by atoms with Crippen LogP contribution in [0.1, 0.15) is 42.9 Å². The highest BCUT2D eigenvalue weighted by Crippen LogP contribution is 2.35. The largest absolute Gasteiger partial charge is 0.507 e. The molecular formula is C20H21N3OS. The van der Waals surface area contributed by atoms with Crippen LogP contribution in [0.15, 0.2) is 36.4 Å². The van der Waals surface area contributed by atoms with E-state index in [1.165, 1.54) is 17.5 Å². The van der Waals surface area contributed by atoms with Gasteiger partial charge in [-0.25, -0.2) is 0 Å². The van der Waals surface area contributed by atoms with Crippen molar-refractivity contribution in [2.45, 2.75) is 39.0 Å². The Hall–Kier alpha value is -2.40. The van der Waals surface area contributed by atoms with E-state index in [0.29, 0.717) is 22.1 Å². The van der Waals surface area contributed by atoms with E-state index in [9.17, 15) is 5.11 Å². The Morgan fingerprint density at radius 1 is 1.20 bits per heavy atom. The fourth-order valence-corrected chi connectivity index (χ4v) is 3.83. The summed E-state index contributed by atoms with van der Waals surface area (Å²) in [4.78, 5) is 0. The Morgan fingerprint density at radius 3 is 2.84 bits per heavy atom. The molecule has 1 heterocycles. The monoisotopic (exact) mass is 351 g/mol. The zero-order valence-electron chi connectivity index (χ0n) is 14.4. The van der Waals surface area contributed by atoms with Crippen molar-refractivity contribution in [2.75, 3.05) is 0 Å². The summed E-state index contributed by atoms with van der Waals surface area (Å²) in [7, 11) is 0. The van der Waals surface area contributed by atoms with Crippen molar-refractivity contribution >= 4 is 12.2 Å². The molecule has 2 N–H and O–H groups in total. The number of aryl methyl sites for hydroxylation is 1. The Morgan fingerprint density at radius 2 is 2.04 bits per heavy atom. The van der Waals surface area contributed by atoms with E-state index in [0.717, 1.165) is 24.1 Å². The van der Waals surface area contributed by atoms with Crippen molar-refractivity contribution in [3.05, 3.63) is 57.9 Å². The van der Waals surface area contributed by atoms with Crippen LogP contribution in [0.5, 0.6) is 5.75 Å². The van der Waals surface area contributed by atoms with Crippen LogP contribution in [0.3, 0.4) is 0 Å². The van der Waals surface area contributed by atoms with E-state index in [2.05, 4.69) is 42.2 Å². The maximum Gasteiger partial charge on any atom is 0.200 e. The summed E-state index contributed by atoms with van der Waals surface area (Å²) in [5, 5.41) is 17.8. The van der Waals surface area contributed by atoms with Gasteiger partial charge < -0.3 is 5.11 Å². The normalized spacial score (nSPS) is 13.4. The van der Waals surface area contributed by atoms with Crippen molar-refractivity contribution in [1.82, 2.24) is 14.8 Å². The first kappa shape index (κ1) is 16.1. The van der Waals surface area contributed by atoms with Gasteiger partial charge in [-0.05, 0) is 72.3 Å². The van der Waals surface area contributed by atoms with Crippen LogP contribution in [-0.2, 0) is 12.8 Å². The summed E-state index contributed by atoms with van der Waals surface area (Å²) in [6.07, 6.45) is 3.33. The third-order valence-electron chi connectivity index (χ3n) is 4.96. The van der Waals surface area contributed by atoms with Gasteiger partial charge in [-0.1, -0.05) is 32.0 Å².